The number of aromatic nitrogens is 4. The Bertz CT molecular complexity index is 630. The third-order valence-electron chi connectivity index (χ3n) is 3.88. The van der Waals surface area contributed by atoms with E-state index in [0.29, 0.717) is 24.5 Å². The number of nitrogens with one attached hydrogen (secondary N) is 1. The molecule has 2 aromatic rings. The van der Waals surface area contributed by atoms with Crippen LogP contribution in [0.2, 0.25) is 0 Å². The second-order valence-electron chi connectivity index (χ2n) is 5.81. The molecule has 0 bridgehead atoms. The van der Waals surface area contributed by atoms with E-state index < -0.39 is 0 Å². The summed E-state index contributed by atoms with van der Waals surface area (Å²) in [6, 6.07) is 2.29. The smallest absolute Gasteiger partial charge is 0.222 e. The van der Waals surface area contributed by atoms with Crippen LogP contribution < -0.4 is 16.4 Å². The van der Waals surface area contributed by atoms with Gasteiger partial charge in [-0.1, -0.05) is 0 Å². The maximum absolute atomic E-state index is 5.85. The van der Waals surface area contributed by atoms with E-state index in [4.69, 9.17) is 11.5 Å². The summed E-state index contributed by atoms with van der Waals surface area (Å²) in [7, 11) is 1.97. The predicted molar refractivity (Wildman–Crippen MR) is 81.8 cm³/mol. The van der Waals surface area contributed by atoms with Gasteiger partial charge in [0.05, 0.1) is 12.2 Å². The highest BCUT2D eigenvalue weighted by atomic mass is 15.2. The van der Waals surface area contributed by atoms with Crippen LogP contribution in [0.3, 0.4) is 0 Å². The molecule has 0 atom stereocenters. The maximum atomic E-state index is 5.85. The van der Waals surface area contributed by atoms with Crippen molar-refractivity contribution >= 4 is 11.8 Å². The summed E-state index contributed by atoms with van der Waals surface area (Å²) in [6.45, 7) is 2.63. The second-order valence-corrected chi connectivity index (χ2v) is 5.81. The summed E-state index contributed by atoms with van der Waals surface area (Å²) in [5.41, 5.74) is 13.7. The molecule has 1 aliphatic rings. The molecule has 2 heterocycles. The molecule has 0 aromatic carbocycles. The summed E-state index contributed by atoms with van der Waals surface area (Å²) in [5.74, 6) is 2.43. The van der Waals surface area contributed by atoms with E-state index in [-0.39, 0.29) is 0 Å². The number of hydrogen-bond acceptors (Lipinski definition) is 6. The molecule has 2 aromatic heterocycles. The van der Waals surface area contributed by atoms with E-state index >= 15 is 0 Å². The largest absolute Gasteiger partial charge is 0.368 e. The fourth-order valence-electron chi connectivity index (χ4n) is 2.63. The SMILES string of the molecule is Cc1cnc(CN(C)c2cc(C3CC(N)C3)nc(N)n2)[nH]1. The fraction of sp³-hybridized carbons (Fsp3) is 0.500. The van der Waals surface area contributed by atoms with Crippen molar-refractivity contribution in [2.45, 2.75) is 38.3 Å². The van der Waals surface area contributed by atoms with Gasteiger partial charge < -0.3 is 21.4 Å². The Morgan fingerprint density at radius 2 is 2.14 bits per heavy atom. The Labute approximate surface area is 123 Å². The van der Waals surface area contributed by atoms with E-state index in [1.54, 1.807) is 0 Å². The van der Waals surface area contributed by atoms with E-state index in [9.17, 15) is 0 Å². The summed E-state index contributed by atoms with van der Waals surface area (Å²) < 4.78 is 0. The van der Waals surface area contributed by atoms with Crippen LogP contribution in [0.25, 0.3) is 0 Å². The average Bonchev–Trinajstić information content (AvgIpc) is 2.79. The van der Waals surface area contributed by atoms with Crippen molar-refractivity contribution in [1.82, 2.24) is 19.9 Å². The number of nitrogen functional groups attached to an aromatic ring is 1. The monoisotopic (exact) mass is 287 g/mol. The molecule has 3 rings (SSSR count). The number of imidazole rings is 1. The lowest BCUT2D eigenvalue weighted by Crippen LogP contribution is -2.35. The maximum Gasteiger partial charge on any atom is 0.222 e. The van der Waals surface area contributed by atoms with Crippen LogP contribution in [0.15, 0.2) is 12.3 Å². The minimum Gasteiger partial charge on any atom is -0.368 e. The molecular formula is C14H21N7. The van der Waals surface area contributed by atoms with Gasteiger partial charge in [-0.15, -0.1) is 0 Å². The molecule has 0 unspecified atom stereocenters. The second kappa shape index (κ2) is 5.33. The standard InChI is InChI=1S/C14H21N7/c1-8-6-17-12(18-8)7-21(2)13-5-11(19-14(16)20-13)9-3-10(15)4-9/h5-6,9-10H,3-4,7,15H2,1-2H3,(H,17,18)(H2,16,19,20). The van der Waals surface area contributed by atoms with E-state index in [0.717, 1.165) is 35.9 Å². The molecule has 5 N–H and O–H groups in total. The first-order valence-corrected chi connectivity index (χ1v) is 7.13. The zero-order chi connectivity index (χ0) is 15.0. The number of aryl methyl sites for hydroxylation is 1. The number of hydrogen-bond donors (Lipinski definition) is 3. The minimum absolute atomic E-state index is 0.290. The highest BCUT2D eigenvalue weighted by Crippen LogP contribution is 2.35. The Hall–Kier alpha value is -2.15. The number of nitrogens with zero attached hydrogens (tertiary/aromatic N) is 4. The molecule has 7 heteroatoms. The number of anilines is 2. The van der Waals surface area contributed by atoms with Gasteiger partial charge in [-0.25, -0.2) is 9.97 Å². The molecule has 7 nitrogen and oxygen atoms in total. The highest BCUT2D eigenvalue weighted by Gasteiger charge is 2.29. The van der Waals surface area contributed by atoms with Crippen molar-refractivity contribution in [3.8, 4) is 0 Å². The van der Waals surface area contributed by atoms with E-state index in [1.807, 2.05) is 31.1 Å². The average molecular weight is 287 g/mol. The van der Waals surface area contributed by atoms with Crippen molar-refractivity contribution < 1.29 is 0 Å². The first-order chi connectivity index (χ1) is 10.0. The topological polar surface area (TPSA) is 110 Å². The number of nitrogens with two attached hydrogens (primary N) is 2. The van der Waals surface area contributed by atoms with Gasteiger partial charge in [0, 0.05) is 37.0 Å². The Morgan fingerprint density at radius 3 is 2.76 bits per heavy atom. The van der Waals surface area contributed by atoms with Crippen LogP contribution in [-0.2, 0) is 6.54 Å². The molecule has 21 heavy (non-hydrogen) atoms. The molecule has 0 saturated heterocycles. The quantitative estimate of drug-likeness (QED) is 0.771. The number of rotatable bonds is 4. The lowest BCUT2D eigenvalue weighted by molar-refractivity contribution is 0.345. The number of H-pyrrole nitrogens is 1. The van der Waals surface area contributed by atoms with Crippen molar-refractivity contribution in [1.29, 1.82) is 0 Å². The summed E-state index contributed by atoms with van der Waals surface area (Å²) in [6.07, 6.45) is 3.76. The zero-order valence-corrected chi connectivity index (χ0v) is 12.4. The number of aromatic amines is 1. The third-order valence-corrected chi connectivity index (χ3v) is 3.88. The Morgan fingerprint density at radius 1 is 1.38 bits per heavy atom. The van der Waals surface area contributed by atoms with Gasteiger partial charge in [-0.3, -0.25) is 0 Å². The molecule has 0 radical (unpaired) electrons. The van der Waals surface area contributed by atoms with E-state index in [1.165, 1.54) is 0 Å². The fourth-order valence-corrected chi connectivity index (χ4v) is 2.63. The van der Waals surface area contributed by atoms with E-state index in [2.05, 4.69) is 19.9 Å². The lowest BCUT2D eigenvalue weighted by atomic mass is 9.78. The van der Waals surface area contributed by atoms with Crippen LogP contribution in [0, 0.1) is 6.92 Å². The molecule has 1 aliphatic carbocycles. The summed E-state index contributed by atoms with van der Waals surface area (Å²) in [5, 5.41) is 0. The zero-order valence-electron chi connectivity index (χ0n) is 12.4. The van der Waals surface area contributed by atoms with Crippen LogP contribution >= 0.6 is 0 Å². The van der Waals surface area contributed by atoms with Gasteiger partial charge in [0.2, 0.25) is 5.95 Å². The molecule has 0 spiro atoms. The van der Waals surface area contributed by atoms with Crippen LogP contribution in [0.4, 0.5) is 11.8 Å². The minimum atomic E-state index is 0.290. The van der Waals surface area contributed by atoms with Crippen LogP contribution in [0.1, 0.15) is 36.0 Å². The molecule has 1 saturated carbocycles. The highest BCUT2D eigenvalue weighted by molar-refractivity contribution is 5.44. The van der Waals surface area contributed by atoms with Crippen molar-refractivity contribution in [2.75, 3.05) is 17.7 Å². The molecule has 0 amide bonds. The Kier molecular flexibility index (Phi) is 3.50. The van der Waals surface area contributed by atoms with Gasteiger partial charge in [0.25, 0.3) is 0 Å². The van der Waals surface area contributed by atoms with Crippen molar-refractivity contribution in [2.24, 2.45) is 5.73 Å². The summed E-state index contributed by atoms with van der Waals surface area (Å²) in [4.78, 5) is 18.2. The van der Waals surface area contributed by atoms with Crippen molar-refractivity contribution in [3.63, 3.8) is 0 Å². The van der Waals surface area contributed by atoms with Crippen LogP contribution in [0.5, 0.6) is 0 Å². The van der Waals surface area contributed by atoms with Crippen molar-refractivity contribution in [3.05, 3.63) is 29.5 Å². The molecule has 1 fully saturated rings. The third kappa shape index (κ3) is 2.97. The van der Waals surface area contributed by atoms with Crippen LogP contribution in [-0.4, -0.2) is 33.0 Å². The molecular weight excluding hydrogens is 266 g/mol. The Balaban J connectivity index is 1.77. The summed E-state index contributed by atoms with van der Waals surface area (Å²) >= 11 is 0. The normalized spacial score (nSPS) is 21.1. The predicted octanol–water partition coefficient (Wildman–Crippen LogP) is 0.931. The van der Waals surface area contributed by atoms with Gasteiger partial charge in [-0.2, -0.15) is 4.98 Å². The van der Waals surface area contributed by atoms with Gasteiger partial charge in [0.15, 0.2) is 0 Å². The van der Waals surface area contributed by atoms with Gasteiger partial charge in [0.1, 0.15) is 11.6 Å². The van der Waals surface area contributed by atoms with Gasteiger partial charge >= 0.3 is 0 Å². The lowest BCUT2D eigenvalue weighted by Gasteiger charge is -2.32. The first kappa shape index (κ1) is 13.8. The molecule has 0 aliphatic heterocycles. The molecule has 112 valence electrons. The first-order valence-electron chi connectivity index (χ1n) is 7.13. The van der Waals surface area contributed by atoms with Gasteiger partial charge in [-0.05, 0) is 19.8 Å².